The summed E-state index contributed by atoms with van der Waals surface area (Å²) in [6.07, 6.45) is 2.87. The maximum Gasteiger partial charge on any atom is 0.416 e. The SMILES string of the molecule is Cc1cnc(CC(=O)c2ccc(Oc3cnc4cnccn34)cc2)cc1C(F)(F)F. The number of Topliss-reactive ketones (excluding diaryl/α,β-unsaturated/α-hetero) is 1. The molecule has 4 rings (SSSR count). The number of carbonyl (C=O) groups is 1. The first-order chi connectivity index (χ1) is 14.3. The normalized spacial score (nSPS) is 11.6. The van der Waals surface area contributed by atoms with E-state index < -0.39 is 11.7 Å². The molecule has 0 bridgehead atoms. The number of aromatic nitrogens is 4. The van der Waals surface area contributed by atoms with Crippen molar-refractivity contribution in [2.24, 2.45) is 0 Å². The number of aryl methyl sites for hydroxylation is 1. The molecule has 0 saturated heterocycles. The minimum absolute atomic E-state index is 0.0170. The van der Waals surface area contributed by atoms with Crippen molar-refractivity contribution in [3.05, 3.63) is 83.7 Å². The summed E-state index contributed by atoms with van der Waals surface area (Å²) in [7, 11) is 0. The maximum absolute atomic E-state index is 13.1. The number of halogens is 3. The summed E-state index contributed by atoms with van der Waals surface area (Å²) in [6, 6.07) is 7.25. The summed E-state index contributed by atoms with van der Waals surface area (Å²) in [6.45, 7) is 1.33. The van der Waals surface area contributed by atoms with Crippen LogP contribution in [0.3, 0.4) is 0 Å². The Bertz CT molecular complexity index is 1220. The molecule has 9 heteroatoms. The van der Waals surface area contributed by atoms with Gasteiger partial charge in [0.25, 0.3) is 0 Å². The largest absolute Gasteiger partial charge is 0.439 e. The highest BCUT2D eigenvalue weighted by Crippen LogP contribution is 2.32. The van der Waals surface area contributed by atoms with Crippen LogP contribution in [0.1, 0.15) is 27.2 Å². The van der Waals surface area contributed by atoms with Gasteiger partial charge in [0, 0.05) is 29.8 Å². The summed E-state index contributed by atoms with van der Waals surface area (Å²) in [5.41, 5.74) is 0.275. The van der Waals surface area contributed by atoms with Gasteiger partial charge in [0.1, 0.15) is 5.75 Å². The van der Waals surface area contributed by atoms with Crippen LogP contribution < -0.4 is 4.74 Å². The minimum Gasteiger partial charge on any atom is -0.439 e. The zero-order valence-corrected chi connectivity index (χ0v) is 15.7. The number of carbonyl (C=O) groups excluding carboxylic acids is 1. The smallest absolute Gasteiger partial charge is 0.416 e. The molecule has 0 aliphatic carbocycles. The quantitative estimate of drug-likeness (QED) is 0.446. The molecule has 6 nitrogen and oxygen atoms in total. The molecule has 30 heavy (non-hydrogen) atoms. The lowest BCUT2D eigenvalue weighted by molar-refractivity contribution is -0.138. The summed E-state index contributed by atoms with van der Waals surface area (Å²) in [4.78, 5) is 24.6. The lowest BCUT2D eigenvalue weighted by atomic mass is 10.0. The molecule has 4 aromatic rings. The van der Waals surface area contributed by atoms with E-state index in [0.717, 1.165) is 12.3 Å². The number of pyridine rings is 1. The molecule has 3 heterocycles. The molecule has 0 aliphatic heterocycles. The van der Waals surface area contributed by atoms with Gasteiger partial charge in [-0.15, -0.1) is 0 Å². The maximum atomic E-state index is 13.1. The molecule has 152 valence electrons. The monoisotopic (exact) mass is 412 g/mol. The molecule has 0 amide bonds. The zero-order valence-electron chi connectivity index (χ0n) is 15.7. The minimum atomic E-state index is -4.49. The van der Waals surface area contributed by atoms with Crippen LogP contribution in [0.4, 0.5) is 13.2 Å². The Balaban J connectivity index is 1.48. The van der Waals surface area contributed by atoms with E-state index in [2.05, 4.69) is 15.0 Å². The number of benzene rings is 1. The van der Waals surface area contributed by atoms with Crippen LogP contribution in [0.15, 0.2) is 61.3 Å². The van der Waals surface area contributed by atoms with Crippen molar-refractivity contribution in [3.63, 3.8) is 0 Å². The fourth-order valence-corrected chi connectivity index (χ4v) is 2.96. The predicted octanol–water partition coefficient (Wildman–Crippen LogP) is 4.67. The lowest BCUT2D eigenvalue weighted by Crippen LogP contribution is -2.11. The van der Waals surface area contributed by atoms with E-state index in [1.54, 1.807) is 53.5 Å². The van der Waals surface area contributed by atoms with Crippen molar-refractivity contribution in [3.8, 4) is 11.6 Å². The molecular formula is C21H15F3N4O2. The highest BCUT2D eigenvalue weighted by Gasteiger charge is 2.33. The highest BCUT2D eigenvalue weighted by molar-refractivity contribution is 5.97. The van der Waals surface area contributed by atoms with E-state index in [9.17, 15) is 18.0 Å². The molecule has 0 saturated carbocycles. The van der Waals surface area contributed by atoms with Crippen molar-refractivity contribution in [2.75, 3.05) is 0 Å². The van der Waals surface area contributed by atoms with Gasteiger partial charge >= 0.3 is 6.18 Å². The summed E-state index contributed by atoms with van der Waals surface area (Å²) in [5.74, 6) is 0.625. The first kappa shape index (κ1) is 19.6. The molecule has 0 spiro atoms. The molecule has 0 N–H and O–H groups in total. The predicted molar refractivity (Wildman–Crippen MR) is 102 cm³/mol. The average Bonchev–Trinajstić information content (AvgIpc) is 3.12. The van der Waals surface area contributed by atoms with Gasteiger partial charge in [-0.3, -0.25) is 19.2 Å². The summed E-state index contributed by atoms with van der Waals surface area (Å²) >= 11 is 0. The molecule has 0 fully saturated rings. The Morgan fingerprint density at radius 2 is 1.87 bits per heavy atom. The van der Waals surface area contributed by atoms with Crippen LogP contribution in [-0.4, -0.2) is 25.1 Å². The first-order valence-corrected chi connectivity index (χ1v) is 8.92. The standard InChI is InChI=1S/C21H15F3N4O2/c1-13-10-26-15(8-17(13)21(22,23)24)9-18(29)14-2-4-16(5-3-14)30-20-12-27-19-11-25-6-7-28(19)20/h2-8,10-12H,9H2,1H3. The zero-order chi connectivity index (χ0) is 21.3. The van der Waals surface area contributed by atoms with Crippen molar-refractivity contribution >= 4 is 11.4 Å². The fraction of sp³-hybridized carbons (Fsp3) is 0.143. The second-order valence-electron chi connectivity index (χ2n) is 6.62. The van der Waals surface area contributed by atoms with E-state index in [0.29, 0.717) is 22.8 Å². The number of rotatable bonds is 5. The molecule has 0 atom stereocenters. The van der Waals surface area contributed by atoms with Gasteiger partial charge in [-0.05, 0) is 42.8 Å². The molecule has 0 aliphatic rings. The van der Waals surface area contributed by atoms with Crippen LogP contribution in [0.25, 0.3) is 5.65 Å². The Hall–Kier alpha value is -3.75. The van der Waals surface area contributed by atoms with E-state index in [4.69, 9.17) is 4.74 Å². The van der Waals surface area contributed by atoms with Gasteiger partial charge in [-0.1, -0.05) is 0 Å². The number of hydrogen-bond donors (Lipinski definition) is 0. The Morgan fingerprint density at radius 1 is 1.10 bits per heavy atom. The van der Waals surface area contributed by atoms with Gasteiger partial charge < -0.3 is 4.74 Å². The average molecular weight is 412 g/mol. The van der Waals surface area contributed by atoms with E-state index >= 15 is 0 Å². The van der Waals surface area contributed by atoms with Crippen LogP contribution >= 0.6 is 0 Å². The number of fused-ring (bicyclic) bond motifs is 1. The third kappa shape index (κ3) is 4.00. The second kappa shape index (κ2) is 7.58. The highest BCUT2D eigenvalue weighted by atomic mass is 19.4. The van der Waals surface area contributed by atoms with Crippen molar-refractivity contribution < 1.29 is 22.7 Å². The van der Waals surface area contributed by atoms with E-state index in [1.807, 2.05) is 0 Å². The van der Waals surface area contributed by atoms with Crippen LogP contribution in [-0.2, 0) is 12.6 Å². The number of hydrogen-bond acceptors (Lipinski definition) is 5. The third-order valence-electron chi connectivity index (χ3n) is 4.49. The third-order valence-corrected chi connectivity index (χ3v) is 4.49. The Morgan fingerprint density at radius 3 is 2.60 bits per heavy atom. The first-order valence-electron chi connectivity index (χ1n) is 8.92. The van der Waals surface area contributed by atoms with Crippen molar-refractivity contribution in [1.29, 1.82) is 0 Å². The van der Waals surface area contributed by atoms with Gasteiger partial charge in [0.05, 0.1) is 24.4 Å². The Kier molecular flexibility index (Phi) is 4.94. The van der Waals surface area contributed by atoms with Gasteiger partial charge in [0.2, 0.25) is 5.88 Å². The van der Waals surface area contributed by atoms with Crippen molar-refractivity contribution in [1.82, 2.24) is 19.4 Å². The van der Waals surface area contributed by atoms with E-state index in [1.165, 1.54) is 6.92 Å². The molecule has 1 aromatic carbocycles. The number of ketones is 1. The van der Waals surface area contributed by atoms with Gasteiger partial charge in [-0.25, -0.2) is 4.98 Å². The van der Waals surface area contributed by atoms with Crippen LogP contribution in [0, 0.1) is 6.92 Å². The summed E-state index contributed by atoms with van der Waals surface area (Å²) < 4.78 is 46.6. The van der Waals surface area contributed by atoms with Crippen molar-refractivity contribution in [2.45, 2.75) is 19.5 Å². The molecule has 3 aromatic heterocycles. The number of alkyl halides is 3. The number of nitrogens with zero attached hydrogens (tertiary/aromatic N) is 4. The van der Waals surface area contributed by atoms with Crippen LogP contribution in [0.5, 0.6) is 11.6 Å². The van der Waals surface area contributed by atoms with Crippen LogP contribution in [0.2, 0.25) is 0 Å². The van der Waals surface area contributed by atoms with Gasteiger partial charge in [-0.2, -0.15) is 13.2 Å². The molecule has 0 unspecified atom stereocenters. The molecule has 0 radical (unpaired) electrons. The topological polar surface area (TPSA) is 69.4 Å². The number of imidazole rings is 1. The second-order valence-corrected chi connectivity index (χ2v) is 6.62. The fourth-order valence-electron chi connectivity index (χ4n) is 2.96. The van der Waals surface area contributed by atoms with Gasteiger partial charge in [0.15, 0.2) is 11.4 Å². The van der Waals surface area contributed by atoms with E-state index in [-0.39, 0.29) is 23.5 Å². The molecular weight excluding hydrogens is 397 g/mol. The Labute approximate surface area is 169 Å². The number of ether oxygens (including phenoxy) is 1. The summed E-state index contributed by atoms with van der Waals surface area (Å²) in [5, 5.41) is 0. The lowest BCUT2D eigenvalue weighted by Gasteiger charge is -2.11.